The van der Waals surface area contributed by atoms with Gasteiger partial charge in [0.25, 0.3) is 0 Å². The highest BCUT2D eigenvalue weighted by Crippen LogP contribution is 2.35. The van der Waals surface area contributed by atoms with Gasteiger partial charge in [-0.25, -0.2) is 4.57 Å². The summed E-state index contributed by atoms with van der Waals surface area (Å²) in [6.45, 7) is 0.151. The minimum atomic E-state index is -4.23. The zero-order chi connectivity index (χ0) is 10.2. The van der Waals surface area contributed by atoms with Crippen LogP contribution >= 0.6 is 23.8 Å². The molecule has 2 N–H and O–H groups in total. The first-order valence-corrected chi connectivity index (χ1v) is 6.97. The lowest BCUT2D eigenvalue weighted by molar-refractivity contribution is 0.193. The van der Waals surface area contributed by atoms with Crippen LogP contribution in [-0.4, -0.2) is 21.7 Å². The molecule has 0 aliphatic heterocycles. The molecule has 0 spiro atoms. The largest absolute Gasteiger partial charge is 0.469 e. The van der Waals surface area contributed by atoms with Gasteiger partial charge in [-0.1, -0.05) is 35.2 Å². The number of unbranched alkanes of at least 4 members (excludes halogenated alkanes) is 4. The third-order valence-corrected chi connectivity index (χ3v) is 2.62. The monoisotopic (exact) mass is 274 g/mol. The first-order valence-electron chi connectivity index (χ1n) is 4.32. The van der Waals surface area contributed by atoms with Gasteiger partial charge in [0.15, 0.2) is 0 Å². The van der Waals surface area contributed by atoms with Gasteiger partial charge in [-0.3, -0.25) is 4.52 Å². The van der Waals surface area contributed by atoms with E-state index >= 15 is 0 Å². The van der Waals surface area contributed by atoms with Gasteiger partial charge in [-0.05, 0) is 12.8 Å². The predicted molar refractivity (Wildman–Crippen MR) is 54.9 cm³/mol. The van der Waals surface area contributed by atoms with Crippen molar-refractivity contribution in [1.82, 2.24) is 0 Å². The first kappa shape index (κ1) is 13.6. The van der Waals surface area contributed by atoms with E-state index in [1.807, 2.05) is 0 Å². The molecule has 0 heterocycles. The quantitative estimate of drug-likeness (QED) is 0.405. The molecule has 0 radical (unpaired) electrons. The summed E-state index contributed by atoms with van der Waals surface area (Å²) in [5, 5.41) is 1.02. The maximum atomic E-state index is 10.2. The van der Waals surface area contributed by atoms with Gasteiger partial charge in [0.1, 0.15) is 0 Å². The Kier molecular flexibility index (Phi) is 8.31. The van der Waals surface area contributed by atoms with E-state index in [2.05, 4.69) is 20.5 Å². The average molecular weight is 275 g/mol. The van der Waals surface area contributed by atoms with Crippen LogP contribution in [0.15, 0.2) is 0 Å². The highest BCUT2D eigenvalue weighted by atomic mass is 79.9. The molecular weight excluding hydrogens is 259 g/mol. The minimum absolute atomic E-state index is 0.151. The summed E-state index contributed by atoms with van der Waals surface area (Å²) in [4.78, 5) is 16.7. The van der Waals surface area contributed by atoms with E-state index < -0.39 is 7.82 Å². The highest BCUT2D eigenvalue weighted by Gasteiger charge is 2.12. The summed E-state index contributed by atoms with van der Waals surface area (Å²) in [7, 11) is -4.23. The SMILES string of the molecule is O=P(O)(O)OCCCCCCCBr. The zero-order valence-corrected chi connectivity index (χ0v) is 9.97. The van der Waals surface area contributed by atoms with E-state index in [1.165, 1.54) is 0 Å². The van der Waals surface area contributed by atoms with Crippen molar-refractivity contribution < 1.29 is 18.9 Å². The van der Waals surface area contributed by atoms with E-state index in [4.69, 9.17) is 9.79 Å². The number of rotatable bonds is 8. The van der Waals surface area contributed by atoms with Crippen molar-refractivity contribution in [2.24, 2.45) is 0 Å². The van der Waals surface area contributed by atoms with Gasteiger partial charge in [-0.2, -0.15) is 0 Å². The maximum Gasteiger partial charge on any atom is 0.469 e. The Morgan fingerprint density at radius 3 is 2.15 bits per heavy atom. The van der Waals surface area contributed by atoms with Crippen molar-refractivity contribution in [3.63, 3.8) is 0 Å². The van der Waals surface area contributed by atoms with E-state index in [1.54, 1.807) is 0 Å². The molecule has 0 saturated carbocycles. The molecule has 0 fully saturated rings. The molecule has 0 aromatic carbocycles. The van der Waals surface area contributed by atoms with Crippen molar-refractivity contribution >= 4 is 23.8 Å². The molecule has 4 nitrogen and oxygen atoms in total. The Bertz CT molecular complexity index is 159. The fourth-order valence-electron chi connectivity index (χ4n) is 0.910. The molecule has 0 aliphatic carbocycles. The second kappa shape index (κ2) is 7.94. The second-order valence-electron chi connectivity index (χ2n) is 2.78. The summed E-state index contributed by atoms with van der Waals surface area (Å²) in [6.07, 6.45) is 5.08. The number of alkyl halides is 1. The Morgan fingerprint density at radius 1 is 1.08 bits per heavy atom. The summed E-state index contributed by atoms with van der Waals surface area (Å²) in [5.41, 5.74) is 0. The number of phosphoric ester groups is 1. The molecule has 0 aliphatic rings. The van der Waals surface area contributed by atoms with Crippen LogP contribution in [0.3, 0.4) is 0 Å². The van der Waals surface area contributed by atoms with Gasteiger partial charge >= 0.3 is 7.82 Å². The van der Waals surface area contributed by atoms with E-state index in [0.717, 1.165) is 31.0 Å². The Balaban J connectivity index is 3.04. The van der Waals surface area contributed by atoms with Gasteiger partial charge in [0.05, 0.1) is 6.61 Å². The molecule has 6 heteroatoms. The smallest absolute Gasteiger partial charge is 0.303 e. The third-order valence-electron chi connectivity index (χ3n) is 1.54. The lowest BCUT2D eigenvalue weighted by atomic mass is 10.2. The number of halogens is 1. The fourth-order valence-corrected chi connectivity index (χ4v) is 1.67. The van der Waals surface area contributed by atoms with Crippen LogP contribution in [0.1, 0.15) is 32.1 Å². The molecule has 80 valence electrons. The molecule has 0 saturated heterocycles. The van der Waals surface area contributed by atoms with Crippen LogP contribution in [0.4, 0.5) is 0 Å². The van der Waals surface area contributed by atoms with Gasteiger partial charge in [0.2, 0.25) is 0 Å². The van der Waals surface area contributed by atoms with Crippen LogP contribution in [-0.2, 0) is 9.09 Å². The molecule has 0 aromatic rings. The summed E-state index contributed by atoms with van der Waals surface area (Å²) in [6, 6.07) is 0. The first-order chi connectivity index (χ1) is 6.06. The zero-order valence-electron chi connectivity index (χ0n) is 7.49. The average Bonchev–Trinajstić information content (AvgIpc) is 2.01. The highest BCUT2D eigenvalue weighted by molar-refractivity contribution is 9.09. The van der Waals surface area contributed by atoms with Crippen LogP contribution in [0.2, 0.25) is 0 Å². The standard InChI is InChI=1S/C7H16BrO4P/c8-6-4-2-1-3-5-7-12-13(9,10)11/h1-7H2,(H2,9,10,11). The van der Waals surface area contributed by atoms with Crippen LogP contribution in [0.25, 0.3) is 0 Å². The van der Waals surface area contributed by atoms with Crippen molar-refractivity contribution in [2.45, 2.75) is 32.1 Å². The number of phosphoric acid groups is 1. The van der Waals surface area contributed by atoms with Gasteiger partial charge in [0, 0.05) is 5.33 Å². The van der Waals surface area contributed by atoms with Crippen LogP contribution in [0, 0.1) is 0 Å². The summed E-state index contributed by atoms with van der Waals surface area (Å²) < 4.78 is 14.5. The molecule has 0 atom stereocenters. The Labute approximate surface area is 87.0 Å². The lowest BCUT2D eigenvalue weighted by Gasteiger charge is -2.04. The molecule has 13 heavy (non-hydrogen) atoms. The molecule has 0 aromatic heterocycles. The van der Waals surface area contributed by atoms with E-state index in [9.17, 15) is 4.57 Å². The molecular formula is C7H16BrO4P. The molecule has 0 amide bonds. The molecule has 0 rings (SSSR count). The topological polar surface area (TPSA) is 66.8 Å². The predicted octanol–water partition coefficient (Wildman–Crippen LogP) is 2.44. The molecule has 0 bridgehead atoms. The molecule has 0 unspecified atom stereocenters. The van der Waals surface area contributed by atoms with Crippen LogP contribution < -0.4 is 0 Å². The van der Waals surface area contributed by atoms with Gasteiger partial charge < -0.3 is 9.79 Å². The Morgan fingerprint density at radius 2 is 1.62 bits per heavy atom. The summed E-state index contributed by atoms with van der Waals surface area (Å²) >= 11 is 3.33. The second-order valence-corrected chi connectivity index (χ2v) is 4.81. The fraction of sp³-hybridized carbons (Fsp3) is 1.00. The van der Waals surface area contributed by atoms with Crippen molar-refractivity contribution in [2.75, 3.05) is 11.9 Å². The van der Waals surface area contributed by atoms with E-state index in [0.29, 0.717) is 6.42 Å². The summed E-state index contributed by atoms with van der Waals surface area (Å²) in [5.74, 6) is 0. The van der Waals surface area contributed by atoms with Gasteiger partial charge in [-0.15, -0.1) is 0 Å². The van der Waals surface area contributed by atoms with Crippen molar-refractivity contribution in [3.05, 3.63) is 0 Å². The third kappa shape index (κ3) is 12.6. The minimum Gasteiger partial charge on any atom is -0.303 e. The number of hydrogen-bond donors (Lipinski definition) is 2. The number of hydrogen-bond acceptors (Lipinski definition) is 2. The normalized spacial score (nSPS) is 11.9. The van der Waals surface area contributed by atoms with Crippen molar-refractivity contribution in [1.29, 1.82) is 0 Å². The van der Waals surface area contributed by atoms with Crippen LogP contribution in [0.5, 0.6) is 0 Å². The Hall–Kier alpha value is 0.590. The maximum absolute atomic E-state index is 10.2. The lowest BCUT2D eigenvalue weighted by Crippen LogP contribution is -1.92. The van der Waals surface area contributed by atoms with E-state index in [-0.39, 0.29) is 6.61 Å². The van der Waals surface area contributed by atoms with Crippen molar-refractivity contribution in [3.8, 4) is 0 Å².